The Hall–Kier alpha value is -0.610. The fourth-order valence-electron chi connectivity index (χ4n) is 1.78. The Kier molecular flexibility index (Phi) is 1.58. The van der Waals surface area contributed by atoms with E-state index in [0.29, 0.717) is 6.61 Å². The molecule has 1 N–H and O–H groups in total. The van der Waals surface area contributed by atoms with Crippen molar-refractivity contribution in [2.24, 2.45) is 0 Å². The average molecular weight is 157 g/mol. The van der Waals surface area contributed by atoms with Gasteiger partial charge in [0.15, 0.2) is 0 Å². The van der Waals surface area contributed by atoms with Gasteiger partial charge in [-0.1, -0.05) is 0 Å². The normalized spacial score (nSPS) is 36.5. The number of nitrogens with zero attached hydrogens (tertiary/aromatic N) is 1. The summed E-state index contributed by atoms with van der Waals surface area (Å²) < 4.78 is 5.04. The summed E-state index contributed by atoms with van der Waals surface area (Å²) in [7, 11) is 0. The third kappa shape index (κ3) is 0.937. The number of carbonyl (C=O) groups is 1. The molecule has 2 atom stereocenters. The summed E-state index contributed by atoms with van der Waals surface area (Å²) in [4.78, 5) is 12.9. The van der Waals surface area contributed by atoms with E-state index in [1.54, 1.807) is 4.90 Å². The molecule has 0 aliphatic carbocycles. The van der Waals surface area contributed by atoms with Crippen molar-refractivity contribution in [3.05, 3.63) is 0 Å². The van der Waals surface area contributed by atoms with Gasteiger partial charge < -0.3 is 14.7 Å². The Morgan fingerprint density at radius 3 is 3.18 bits per heavy atom. The van der Waals surface area contributed by atoms with E-state index >= 15 is 0 Å². The average Bonchev–Trinajstić information content (AvgIpc) is 1.93. The predicted octanol–water partition coefficient (Wildman–Crippen LogP) is -1.02. The largest absolute Gasteiger partial charge is 0.394 e. The second kappa shape index (κ2) is 2.46. The first-order valence-electron chi connectivity index (χ1n) is 3.82. The summed E-state index contributed by atoms with van der Waals surface area (Å²) >= 11 is 0. The summed E-state index contributed by atoms with van der Waals surface area (Å²) in [6.07, 6.45) is 0.891. The number of hydrogen-bond acceptors (Lipinski definition) is 3. The van der Waals surface area contributed by atoms with E-state index in [4.69, 9.17) is 9.84 Å². The van der Waals surface area contributed by atoms with Gasteiger partial charge in [0, 0.05) is 0 Å². The molecule has 1 amide bonds. The van der Waals surface area contributed by atoms with Crippen LogP contribution < -0.4 is 0 Å². The highest BCUT2D eigenvalue weighted by Crippen LogP contribution is 2.28. The SMILES string of the molecule is O=C1COC[C@H]2C[C@H](CO)N12. The monoisotopic (exact) mass is 157 g/mol. The summed E-state index contributed by atoms with van der Waals surface area (Å²) in [5, 5.41) is 8.81. The molecule has 0 aromatic heterocycles. The number of rotatable bonds is 1. The van der Waals surface area contributed by atoms with E-state index in [2.05, 4.69) is 0 Å². The van der Waals surface area contributed by atoms with Crippen LogP contribution in [-0.4, -0.2) is 47.8 Å². The molecule has 2 heterocycles. The van der Waals surface area contributed by atoms with Gasteiger partial charge in [-0.25, -0.2) is 0 Å². The van der Waals surface area contributed by atoms with Gasteiger partial charge in [-0.15, -0.1) is 0 Å². The summed E-state index contributed by atoms with van der Waals surface area (Å²) in [6, 6.07) is 0.310. The summed E-state index contributed by atoms with van der Waals surface area (Å²) in [5.41, 5.74) is 0. The molecule has 11 heavy (non-hydrogen) atoms. The van der Waals surface area contributed by atoms with Crippen LogP contribution in [0.4, 0.5) is 0 Å². The topological polar surface area (TPSA) is 49.8 Å². The van der Waals surface area contributed by atoms with Crippen molar-refractivity contribution in [2.75, 3.05) is 19.8 Å². The van der Waals surface area contributed by atoms with Gasteiger partial charge in [0.2, 0.25) is 5.91 Å². The molecule has 0 saturated carbocycles. The molecule has 0 aromatic rings. The number of amides is 1. The third-order valence-corrected chi connectivity index (χ3v) is 2.37. The molecule has 0 spiro atoms. The molecule has 2 saturated heterocycles. The predicted molar refractivity (Wildman–Crippen MR) is 36.9 cm³/mol. The van der Waals surface area contributed by atoms with Gasteiger partial charge >= 0.3 is 0 Å². The quantitative estimate of drug-likeness (QED) is 0.530. The van der Waals surface area contributed by atoms with Crippen molar-refractivity contribution in [3.8, 4) is 0 Å². The molecular weight excluding hydrogens is 146 g/mol. The molecular formula is C7H11NO3. The minimum atomic E-state index is 0.0200. The number of fused-ring (bicyclic) bond motifs is 1. The Labute approximate surface area is 64.7 Å². The van der Waals surface area contributed by atoms with Crippen molar-refractivity contribution in [1.82, 2.24) is 4.90 Å². The maximum Gasteiger partial charge on any atom is 0.249 e. The first kappa shape index (κ1) is 7.06. The van der Waals surface area contributed by atoms with Crippen LogP contribution in [0.5, 0.6) is 0 Å². The molecule has 4 heteroatoms. The minimum Gasteiger partial charge on any atom is -0.394 e. The van der Waals surface area contributed by atoms with Gasteiger partial charge in [0.05, 0.1) is 25.3 Å². The first-order valence-corrected chi connectivity index (χ1v) is 3.82. The first-order chi connectivity index (χ1) is 5.33. The van der Waals surface area contributed by atoms with Gasteiger partial charge in [-0.2, -0.15) is 0 Å². The van der Waals surface area contributed by atoms with Crippen LogP contribution in [0.1, 0.15) is 6.42 Å². The van der Waals surface area contributed by atoms with Gasteiger partial charge in [0.25, 0.3) is 0 Å². The van der Waals surface area contributed by atoms with Crippen LogP contribution in [0, 0.1) is 0 Å². The van der Waals surface area contributed by atoms with E-state index < -0.39 is 0 Å². The highest BCUT2D eigenvalue weighted by molar-refractivity contribution is 5.79. The number of aliphatic hydroxyl groups excluding tert-OH is 1. The number of carbonyl (C=O) groups excluding carboxylic acids is 1. The van der Waals surface area contributed by atoms with Crippen LogP contribution >= 0.6 is 0 Å². The van der Waals surface area contributed by atoms with Crippen molar-refractivity contribution in [3.63, 3.8) is 0 Å². The smallest absolute Gasteiger partial charge is 0.249 e. The lowest BCUT2D eigenvalue weighted by Crippen LogP contribution is -2.65. The Morgan fingerprint density at radius 1 is 1.73 bits per heavy atom. The fraction of sp³-hybridized carbons (Fsp3) is 0.857. The zero-order valence-electron chi connectivity index (χ0n) is 6.19. The second-order valence-electron chi connectivity index (χ2n) is 3.04. The van der Waals surface area contributed by atoms with Crippen LogP contribution in [-0.2, 0) is 9.53 Å². The summed E-state index contributed by atoms with van der Waals surface area (Å²) in [6.45, 7) is 0.914. The van der Waals surface area contributed by atoms with Crippen LogP contribution in [0.25, 0.3) is 0 Å². The number of aliphatic hydroxyl groups is 1. The molecule has 2 rings (SSSR count). The van der Waals surface area contributed by atoms with Crippen molar-refractivity contribution >= 4 is 5.91 Å². The van der Waals surface area contributed by atoms with E-state index in [1.165, 1.54) is 0 Å². The van der Waals surface area contributed by atoms with Gasteiger partial charge in [0.1, 0.15) is 6.61 Å². The highest BCUT2D eigenvalue weighted by atomic mass is 16.5. The van der Waals surface area contributed by atoms with Crippen LogP contribution in [0.2, 0.25) is 0 Å². The third-order valence-electron chi connectivity index (χ3n) is 2.37. The number of morpholine rings is 1. The molecule has 0 radical (unpaired) electrons. The van der Waals surface area contributed by atoms with Gasteiger partial charge in [-0.3, -0.25) is 4.79 Å². The van der Waals surface area contributed by atoms with Crippen molar-refractivity contribution in [1.29, 1.82) is 0 Å². The van der Waals surface area contributed by atoms with Crippen LogP contribution in [0.15, 0.2) is 0 Å². The van der Waals surface area contributed by atoms with Crippen molar-refractivity contribution < 1.29 is 14.6 Å². The van der Waals surface area contributed by atoms with E-state index in [0.717, 1.165) is 6.42 Å². The number of hydrogen-bond donors (Lipinski definition) is 1. The molecule has 0 bridgehead atoms. The molecule has 2 aliphatic rings. The lowest BCUT2D eigenvalue weighted by Gasteiger charge is -2.50. The zero-order valence-corrected chi connectivity index (χ0v) is 6.19. The van der Waals surface area contributed by atoms with Crippen LogP contribution in [0.3, 0.4) is 0 Å². The summed E-state index contributed by atoms with van der Waals surface area (Å²) in [5.74, 6) is 0.0200. The van der Waals surface area contributed by atoms with E-state index in [-0.39, 0.29) is 31.2 Å². The van der Waals surface area contributed by atoms with E-state index in [1.807, 2.05) is 0 Å². The maximum atomic E-state index is 11.1. The Bertz CT molecular complexity index is 179. The lowest BCUT2D eigenvalue weighted by molar-refractivity contribution is -0.169. The molecule has 4 nitrogen and oxygen atoms in total. The molecule has 2 aliphatic heterocycles. The second-order valence-corrected chi connectivity index (χ2v) is 3.04. The van der Waals surface area contributed by atoms with E-state index in [9.17, 15) is 4.79 Å². The molecule has 0 aromatic carbocycles. The standard InChI is InChI=1S/C7H11NO3/c9-2-5-1-6-3-11-4-7(10)8(5)6/h5-6,9H,1-4H2/t5-,6-/m1/s1. The molecule has 2 fully saturated rings. The zero-order chi connectivity index (χ0) is 7.84. The van der Waals surface area contributed by atoms with Crippen molar-refractivity contribution in [2.45, 2.75) is 18.5 Å². The Morgan fingerprint density at radius 2 is 2.55 bits per heavy atom. The maximum absolute atomic E-state index is 11.1. The Balaban J connectivity index is 2.02. The molecule has 0 unspecified atom stereocenters. The fourth-order valence-corrected chi connectivity index (χ4v) is 1.78. The lowest BCUT2D eigenvalue weighted by atomic mass is 9.93. The minimum absolute atomic E-state index is 0.0200. The van der Waals surface area contributed by atoms with Gasteiger partial charge in [-0.05, 0) is 6.42 Å². The molecule has 62 valence electrons. The number of ether oxygens (including phenoxy) is 1. The highest BCUT2D eigenvalue weighted by Gasteiger charge is 2.43.